The van der Waals surface area contributed by atoms with Crippen molar-refractivity contribution in [2.45, 2.75) is 6.18 Å². The number of carbonyl (C=O) groups excluding carboxylic acids is 1. The Balaban J connectivity index is 3.11. The molecule has 0 aliphatic heterocycles. The van der Waals surface area contributed by atoms with E-state index in [0.717, 1.165) is 30.4 Å². The number of hydrogen-bond donors (Lipinski definition) is 0. The topological polar surface area (TPSA) is 17.1 Å². The molecule has 0 spiro atoms. The highest BCUT2D eigenvalue weighted by Crippen LogP contribution is 2.32. The minimum Gasteiger partial charge on any atom is -0.290 e. The highest BCUT2D eigenvalue weighted by Gasteiger charge is 2.30. The van der Waals surface area contributed by atoms with Crippen molar-refractivity contribution in [1.29, 1.82) is 0 Å². The summed E-state index contributed by atoms with van der Waals surface area (Å²) in [5, 5.41) is 0.145. The summed E-state index contributed by atoms with van der Waals surface area (Å²) in [7, 11) is 0. The van der Waals surface area contributed by atoms with Gasteiger partial charge in [0.25, 0.3) is 0 Å². The highest BCUT2D eigenvalue weighted by molar-refractivity contribution is 6.32. The molecule has 90 valence electrons. The van der Waals surface area contributed by atoms with Gasteiger partial charge in [0, 0.05) is 5.02 Å². The molecule has 1 rings (SSSR count). The average Bonchev–Trinajstić information content (AvgIpc) is 2.26. The van der Waals surface area contributed by atoms with Gasteiger partial charge in [0.2, 0.25) is 0 Å². The number of alkyl halides is 3. The maximum Gasteiger partial charge on any atom is 0.416 e. The van der Waals surface area contributed by atoms with Crippen molar-refractivity contribution in [2.24, 2.45) is 0 Å². The van der Waals surface area contributed by atoms with Crippen LogP contribution in [0.3, 0.4) is 0 Å². The van der Waals surface area contributed by atoms with E-state index < -0.39 is 17.5 Å². The van der Waals surface area contributed by atoms with Gasteiger partial charge in [-0.15, -0.1) is 0 Å². The fraction of sp³-hybridized carbons (Fsp3) is 0.0833. The Kier molecular flexibility index (Phi) is 4.12. The Morgan fingerprint density at radius 1 is 1.35 bits per heavy atom. The molecule has 0 bridgehead atoms. The molecule has 0 fully saturated rings. The maximum atomic E-state index is 12.4. The number of hydrogen-bond acceptors (Lipinski definition) is 1. The standard InChI is InChI=1S/C12H8ClF3O/c1-2-10(17)5-3-8-7-9(12(14,15)16)4-6-11(8)13/h2-7H,1H2/b5-3+. The normalized spacial score (nSPS) is 11.8. The van der Waals surface area contributed by atoms with Gasteiger partial charge >= 0.3 is 6.18 Å². The van der Waals surface area contributed by atoms with Crippen molar-refractivity contribution in [1.82, 2.24) is 0 Å². The molecule has 0 radical (unpaired) electrons. The summed E-state index contributed by atoms with van der Waals surface area (Å²) in [5.74, 6) is -0.404. The largest absolute Gasteiger partial charge is 0.416 e. The Hall–Kier alpha value is -1.55. The van der Waals surface area contributed by atoms with E-state index in [2.05, 4.69) is 6.58 Å². The van der Waals surface area contributed by atoms with Crippen LogP contribution in [0.5, 0.6) is 0 Å². The first-order valence-electron chi connectivity index (χ1n) is 4.56. The van der Waals surface area contributed by atoms with E-state index in [0.29, 0.717) is 0 Å². The molecule has 0 atom stereocenters. The van der Waals surface area contributed by atoms with Gasteiger partial charge in [-0.2, -0.15) is 13.2 Å². The van der Waals surface area contributed by atoms with Gasteiger partial charge in [0.1, 0.15) is 0 Å². The predicted molar refractivity (Wildman–Crippen MR) is 60.7 cm³/mol. The van der Waals surface area contributed by atoms with E-state index in [1.807, 2.05) is 0 Å². The second kappa shape index (κ2) is 5.19. The zero-order valence-electron chi connectivity index (χ0n) is 8.59. The van der Waals surface area contributed by atoms with Crippen LogP contribution in [0.1, 0.15) is 11.1 Å². The number of rotatable bonds is 3. The number of ketones is 1. The molecule has 1 aromatic rings. The molecular formula is C12H8ClF3O. The fourth-order valence-electron chi connectivity index (χ4n) is 1.09. The van der Waals surface area contributed by atoms with Crippen molar-refractivity contribution in [3.8, 4) is 0 Å². The highest BCUT2D eigenvalue weighted by atomic mass is 35.5. The summed E-state index contributed by atoms with van der Waals surface area (Å²) in [6.45, 7) is 3.24. The fourth-order valence-corrected chi connectivity index (χ4v) is 1.27. The van der Waals surface area contributed by atoms with Crippen LogP contribution in [0, 0.1) is 0 Å². The minimum atomic E-state index is -4.43. The second-order valence-electron chi connectivity index (χ2n) is 3.17. The monoisotopic (exact) mass is 260 g/mol. The van der Waals surface area contributed by atoms with E-state index in [4.69, 9.17) is 11.6 Å². The minimum absolute atomic E-state index is 0.136. The number of halogens is 4. The molecule has 0 aromatic heterocycles. The summed E-state index contributed by atoms with van der Waals surface area (Å²) in [4.78, 5) is 10.9. The first kappa shape index (κ1) is 13.5. The summed E-state index contributed by atoms with van der Waals surface area (Å²) in [6, 6.07) is 2.91. The van der Waals surface area contributed by atoms with Crippen LogP contribution in [0.15, 0.2) is 36.9 Å². The zero-order valence-corrected chi connectivity index (χ0v) is 9.35. The Labute approximate surface area is 101 Å². The van der Waals surface area contributed by atoms with E-state index in [-0.39, 0.29) is 10.6 Å². The van der Waals surface area contributed by atoms with Gasteiger partial charge in [-0.25, -0.2) is 0 Å². The van der Waals surface area contributed by atoms with E-state index in [1.54, 1.807) is 0 Å². The first-order chi connectivity index (χ1) is 7.84. The average molecular weight is 261 g/mol. The molecule has 5 heteroatoms. The third-order valence-electron chi connectivity index (χ3n) is 1.95. The third-order valence-corrected chi connectivity index (χ3v) is 2.30. The smallest absolute Gasteiger partial charge is 0.290 e. The summed E-state index contributed by atoms with van der Waals surface area (Å²) in [5.41, 5.74) is -0.677. The Morgan fingerprint density at radius 3 is 2.53 bits per heavy atom. The molecule has 0 saturated heterocycles. The molecule has 1 aromatic carbocycles. The van der Waals surface area contributed by atoms with Gasteiger partial charge in [0.15, 0.2) is 5.78 Å². The van der Waals surface area contributed by atoms with E-state index >= 15 is 0 Å². The predicted octanol–water partition coefficient (Wildman–Crippen LogP) is 4.13. The maximum absolute atomic E-state index is 12.4. The van der Waals surface area contributed by atoms with Crippen LogP contribution in [0.2, 0.25) is 5.02 Å². The molecule has 0 unspecified atom stereocenters. The van der Waals surface area contributed by atoms with Gasteiger partial charge < -0.3 is 0 Å². The van der Waals surface area contributed by atoms with Crippen molar-refractivity contribution < 1.29 is 18.0 Å². The second-order valence-corrected chi connectivity index (χ2v) is 3.58. The molecular weight excluding hydrogens is 253 g/mol. The van der Waals surface area contributed by atoms with Crippen molar-refractivity contribution in [3.05, 3.63) is 53.1 Å². The summed E-state index contributed by atoms with van der Waals surface area (Å²) >= 11 is 5.72. The van der Waals surface area contributed by atoms with Gasteiger partial charge in [-0.3, -0.25) is 4.79 Å². The molecule has 0 N–H and O–H groups in total. The number of carbonyl (C=O) groups is 1. The van der Waals surface area contributed by atoms with Crippen LogP contribution in [0.4, 0.5) is 13.2 Å². The van der Waals surface area contributed by atoms with Gasteiger partial charge in [0.05, 0.1) is 5.56 Å². The SMILES string of the molecule is C=CC(=O)/C=C/c1cc(C(F)(F)F)ccc1Cl. The molecule has 0 heterocycles. The quantitative estimate of drug-likeness (QED) is 0.747. The molecule has 0 aliphatic carbocycles. The third kappa shape index (κ3) is 3.75. The van der Waals surface area contributed by atoms with Crippen LogP contribution in [-0.2, 0) is 11.0 Å². The molecule has 0 saturated carbocycles. The Morgan fingerprint density at radius 2 is 2.00 bits per heavy atom. The molecule has 17 heavy (non-hydrogen) atoms. The van der Waals surface area contributed by atoms with Gasteiger partial charge in [-0.05, 0) is 42.0 Å². The van der Waals surface area contributed by atoms with Crippen LogP contribution in [-0.4, -0.2) is 5.78 Å². The van der Waals surface area contributed by atoms with E-state index in [9.17, 15) is 18.0 Å². The Bertz CT molecular complexity index is 475. The lowest BCUT2D eigenvalue weighted by molar-refractivity contribution is -0.137. The lowest BCUT2D eigenvalue weighted by Gasteiger charge is -2.08. The lowest BCUT2D eigenvalue weighted by atomic mass is 10.1. The molecule has 0 amide bonds. The summed E-state index contributed by atoms with van der Waals surface area (Å²) < 4.78 is 37.2. The molecule has 0 aliphatic rings. The van der Waals surface area contributed by atoms with Crippen LogP contribution < -0.4 is 0 Å². The van der Waals surface area contributed by atoms with Gasteiger partial charge in [-0.1, -0.05) is 18.2 Å². The first-order valence-corrected chi connectivity index (χ1v) is 4.93. The van der Waals surface area contributed by atoms with Crippen LogP contribution >= 0.6 is 11.6 Å². The van der Waals surface area contributed by atoms with Crippen molar-refractivity contribution >= 4 is 23.5 Å². The summed E-state index contributed by atoms with van der Waals surface area (Å²) in [6.07, 6.45) is -1.05. The zero-order chi connectivity index (χ0) is 13.1. The van der Waals surface area contributed by atoms with E-state index in [1.165, 1.54) is 6.08 Å². The van der Waals surface area contributed by atoms with Crippen LogP contribution in [0.25, 0.3) is 6.08 Å². The molecule has 1 nitrogen and oxygen atoms in total. The number of benzene rings is 1. The van der Waals surface area contributed by atoms with Crippen molar-refractivity contribution in [2.75, 3.05) is 0 Å². The number of allylic oxidation sites excluding steroid dienone is 2. The lowest BCUT2D eigenvalue weighted by Crippen LogP contribution is -2.04. The van der Waals surface area contributed by atoms with Crippen molar-refractivity contribution in [3.63, 3.8) is 0 Å².